The lowest BCUT2D eigenvalue weighted by molar-refractivity contribution is -0.177. The van der Waals surface area contributed by atoms with Crippen molar-refractivity contribution in [2.45, 2.75) is 35.5 Å². The van der Waals surface area contributed by atoms with Crippen LogP contribution in [0.5, 0.6) is 0 Å². The molecule has 0 saturated heterocycles. The first-order valence-corrected chi connectivity index (χ1v) is 10.5. The maximum absolute atomic E-state index is 12.7. The van der Waals surface area contributed by atoms with Crippen molar-refractivity contribution in [2.75, 3.05) is 6.54 Å². The molecular weight excluding hydrogens is 394 g/mol. The van der Waals surface area contributed by atoms with Gasteiger partial charge in [-0.25, -0.2) is 13.2 Å². The molecule has 2 aromatic rings. The molecular formula is C21H21NO6S. The predicted molar refractivity (Wildman–Crippen MR) is 105 cm³/mol. The van der Waals surface area contributed by atoms with Crippen LogP contribution in [-0.4, -0.2) is 33.1 Å². The van der Waals surface area contributed by atoms with Gasteiger partial charge in [0.2, 0.25) is 16.1 Å². The van der Waals surface area contributed by atoms with Gasteiger partial charge in [0.1, 0.15) is 0 Å². The van der Waals surface area contributed by atoms with E-state index in [0.717, 1.165) is 0 Å². The second-order valence-corrected chi connectivity index (χ2v) is 8.47. The Morgan fingerprint density at radius 1 is 1.10 bits per heavy atom. The van der Waals surface area contributed by atoms with Gasteiger partial charge in [-0.1, -0.05) is 30.3 Å². The Labute approximate surface area is 169 Å². The van der Waals surface area contributed by atoms with E-state index in [1.54, 1.807) is 32.0 Å². The predicted octanol–water partition coefficient (Wildman–Crippen LogP) is 2.96. The minimum absolute atomic E-state index is 0.102. The zero-order valence-electron chi connectivity index (χ0n) is 16.0. The molecule has 7 nitrogen and oxygen atoms in total. The van der Waals surface area contributed by atoms with E-state index < -0.39 is 27.8 Å². The summed E-state index contributed by atoms with van der Waals surface area (Å²) in [5, 5.41) is 2.48. The van der Waals surface area contributed by atoms with Crippen LogP contribution in [0.1, 0.15) is 19.4 Å². The fourth-order valence-electron chi connectivity index (χ4n) is 2.91. The molecule has 0 spiro atoms. The molecule has 3 rings (SSSR count). The molecule has 0 saturated carbocycles. The van der Waals surface area contributed by atoms with Gasteiger partial charge in [-0.3, -0.25) is 4.79 Å². The second kappa shape index (κ2) is 8.18. The van der Waals surface area contributed by atoms with Crippen LogP contribution >= 0.6 is 0 Å². The third-order valence-electron chi connectivity index (χ3n) is 4.54. The van der Waals surface area contributed by atoms with Crippen LogP contribution in [0.3, 0.4) is 0 Å². The van der Waals surface area contributed by atoms with E-state index in [1.807, 2.05) is 0 Å². The fraction of sp³-hybridized carbons (Fsp3) is 0.238. The van der Waals surface area contributed by atoms with Gasteiger partial charge in [0, 0.05) is 6.54 Å². The van der Waals surface area contributed by atoms with Crippen LogP contribution in [0.15, 0.2) is 76.5 Å². The Bertz CT molecular complexity index is 1030. The molecule has 0 radical (unpaired) electrons. The van der Waals surface area contributed by atoms with E-state index in [4.69, 9.17) is 9.47 Å². The Balaban J connectivity index is 1.85. The zero-order valence-corrected chi connectivity index (χ0v) is 16.8. The second-order valence-electron chi connectivity index (χ2n) is 6.52. The number of ether oxygens (including phenoxy) is 2. The lowest BCUT2D eigenvalue weighted by Gasteiger charge is -2.33. The van der Waals surface area contributed by atoms with E-state index in [-0.39, 0.29) is 15.6 Å². The number of benzene rings is 2. The number of hydrogen-bond donors (Lipinski definition) is 1. The van der Waals surface area contributed by atoms with Gasteiger partial charge in [0.05, 0.1) is 9.79 Å². The molecule has 8 heteroatoms. The smallest absolute Gasteiger partial charge is 0.409 e. The van der Waals surface area contributed by atoms with Crippen LogP contribution < -0.4 is 5.32 Å². The Kier molecular flexibility index (Phi) is 5.86. The molecule has 1 aliphatic rings. The normalized spacial score (nSPS) is 21.6. The van der Waals surface area contributed by atoms with Crippen molar-refractivity contribution in [3.63, 3.8) is 0 Å². The molecule has 0 bridgehead atoms. The monoisotopic (exact) mass is 415 g/mol. The topological polar surface area (TPSA) is 98.8 Å². The van der Waals surface area contributed by atoms with Crippen LogP contribution in [0, 0.1) is 0 Å². The van der Waals surface area contributed by atoms with Crippen molar-refractivity contribution in [1.82, 2.24) is 5.32 Å². The lowest BCUT2D eigenvalue weighted by Crippen LogP contribution is -2.43. The zero-order chi connectivity index (χ0) is 21.1. The maximum Gasteiger partial charge on any atom is 0.409 e. The van der Waals surface area contributed by atoms with Crippen LogP contribution in [0.4, 0.5) is 4.79 Å². The molecule has 152 valence electrons. The van der Waals surface area contributed by atoms with Crippen molar-refractivity contribution in [1.29, 1.82) is 0 Å². The first-order chi connectivity index (χ1) is 13.8. The van der Waals surface area contributed by atoms with Gasteiger partial charge in [0.15, 0.2) is 11.4 Å². The first-order valence-electron chi connectivity index (χ1n) is 9.03. The number of carbonyl (C=O) groups is 2. The average Bonchev–Trinajstić information content (AvgIpc) is 2.72. The Hall–Kier alpha value is -2.97. The molecule has 1 amide bonds. The van der Waals surface area contributed by atoms with Crippen LogP contribution in [0.2, 0.25) is 0 Å². The van der Waals surface area contributed by atoms with Gasteiger partial charge < -0.3 is 14.8 Å². The summed E-state index contributed by atoms with van der Waals surface area (Å²) in [5.74, 6) is -0.341. The molecule has 1 N–H and O–H groups in total. The van der Waals surface area contributed by atoms with Crippen molar-refractivity contribution in [2.24, 2.45) is 0 Å². The van der Waals surface area contributed by atoms with Crippen molar-refractivity contribution >= 4 is 21.7 Å². The minimum atomic E-state index is -3.67. The number of carbonyl (C=O) groups excluding carboxylic acids is 2. The number of ketones is 1. The summed E-state index contributed by atoms with van der Waals surface area (Å²) in [6.45, 7) is 3.69. The Morgan fingerprint density at radius 3 is 2.34 bits per heavy atom. The molecule has 0 fully saturated rings. The molecule has 1 aliphatic heterocycles. The molecule has 29 heavy (non-hydrogen) atoms. The highest BCUT2D eigenvalue weighted by Crippen LogP contribution is 2.33. The van der Waals surface area contributed by atoms with Gasteiger partial charge in [0.25, 0.3) is 0 Å². The maximum atomic E-state index is 12.7. The lowest BCUT2D eigenvalue weighted by atomic mass is 9.89. The van der Waals surface area contributed by atoms with Gasteiger partial charge >= 0.3 is 6.09 Å². The van der Waals surface area contributed by atoms with E-state index in [1.165, 1.54) is 48.6 Å². The number of rotatable bonds is 5. The largest absolute Gasteiger partial charge is 0.416 e. The number of alkyl carbamates (subject to hydrolysis) is 1. The standard InChI is InChI=1S/C21H21NO6S/c1-3-22-20(24)27-19-14-13-18(23)21(2,28-19)15-9-11-17(12-10-15)29(25,26)16-7-5-4-6-8-16/h4-14,19H,3H2,1-2H3,(H,22,24)/t19-,21+/m1/s1. The summed E-state index contributed by atoms with van der Waals surface area (Å²) < 4.78 is 36.3. The van der Waals surface area contributed by atoms with Crippen LogP contribution in [-0.2, 0) is 29.7 Å². The summed E-state index contributed by atoms with van der Waals surface area (Å²) in [5.41, 5.74) is -0.968. The van der Waals surface area contributed by atoms with Crippen LogP contribution in [0.25, 0.3) is 0 Å². The van der Waals surface area contributed by atoms with E-state index in [9.17, 15) is 18.0 Å². The number of hydrogen-bond acceptors (Lipinski definition) is 6. The quantitative estimate of drug-likeness (QED) is 0.806. The third-order valence-corrected chi connectivity index (χ3v) is 6.33. The number of nitrogens with one attached hydrogen (secondary N) is 1. The fourth-order valence-corrected chi connectivity index (χ4v) is 4.19. The summed E-state index contributed by atoms with van der Waals surface area (Å²) in [6.07, 6.45) is 0.940. The highest BCUT2D eigenvalue weighted by molar-refractivity contribution is 7.91. The van der Waals surface area contributed by atoms with Crippen molar-refractivity contribution in [3.8, 4) is 0 Å². The average molecular weight is 415 g/mol. The van der Waals surface area contributed by atoms with Crippen molar-refractivity contribution < 1.29 is 27.5 Å². The first kappa shape index (κ1) is 20.8. The molecule has 0 aliphatic carbocycles. The van der Waals surface area contributed by atoms with E-state index >= 15 is 0 Å². The number of sulfone groups is 1. The van der Waals surface area contributed by atoms with E-state index in [2.05, 4.69) is 5.32 Å². The number of amides is 1. The molecule has 0 aromatic heterocycles. The minimum Gasteiger partial charge on any atom is -0.416 e. The van der Waals surface area contributed by atoms with Gasteiger partial charge in [-0.15, -0.1) is 0 Å². The molecule has 2 atom stereocenters. The van der Waals surface area contributed by atoms with Gasteiger partial charge in [-0.05, 0) is 55.8 Å². The highest BCUT2D eigenvalue weighted by atomic mass is 32.2. The molecule has 2 aromatic carbocycles. The highest BCUT2D eigenvalue weighted by Gasteiger charge is 2.41. The Morgan fingerprint density at radius 2 is 1.72 bits per heavy atom. The van der Waals surface area contributed by atoms with Crippen molar-refractivity contribution in [3.05, 3.63) is 72.3 Å². The SMILES string of the molecule is CCNC(=O)O[C@H]1C=CC(=O)[C@](C)(c2ccc(S(=O)(=O)c3ccccc3)cc2)O1. The summed E-state index contributed by atoms with van der Waals surface area (Å²) in [7, 11) is -3.67. The summed E-state index contributed by atoms with van der Waals surface area (Å²) >= 11 is 0. The summed E-state index contributed by atoms with van der Waals surface area (Å²) in [6, 6.07) is 14.0. The van der Waals surface area contributed by atoms with E-state index in [0.29, 0.717) is 12.1 Å². The summed E-state index contributed by atoms with van der Waals surface area (Å²) in [4.78, 5) is 24.4. The van der Waals surface area contributed by atoms with Gasteiger partial charge in [-0.2, -0.15) is 0 Å². The molecule has 0 unspecified atom stereocenters. The third kappa shape index (κ3) is 4.23. The molecule has 1 heterocycles.